The van der Waals surface area contributed by atoms with E-state index in [1.807, 2.05) is 42.5 Å². The van der Waals surface area contributed by atoms with E-state index in [0.29, 0.717) is 30.7 Å². The van der Waals surface area contributed by atoms with E-state index in [-0.39, 0.29) is 0 Å². The zero-order chi connectivity index (χ0) is 17.8. The van der Waals surface area contributed by atoms with Gasteiger partial charge in [-0.3, -0.25) is 0 Å². The summed E-state index contributed by atoms with van der Waals surface area (Å²) in [6.45, 7) is 1.10. The lowest BCUT2D eigenvalue weighted by molar-refractivity contribution is 0.171. The van der Waals surface area contributed by atoms with Crippen LogP contribution in [0.4, 0.5) is 23.1 Å². The summed E-state index contributed by atoms with van der Waals surface area (Å²) in [7, 11) is 1.63. The van der Waals surface area contributed by atoms with Gasteiger partial charge in [0.1, 0.15) is 19.0 Å². The highest BCUT2D eigenvalue weighted by Gasteiger charge is 2.12. The summed E-state index contributed by atoms with van der Waals surface area (Å²) < 4.78 is 16.2. The molecule has 0 bridgehead atoms. The van der Waals surface area contributed by atoms with Crippen molar-refractivity contribution in [3.8, 4) is 17.2 Å². The van der Waals surface area contributed by atoms with Gasteiger partial charge in [0.15, 0.2) is 17.3 Å². The first-order valence-corrected chi connectivity index (χ1v) is 8.08. The van der Waals surface area contributed by atoms with Crippen LogP contribution in [0.25, 0.3) is 0 Å². The largest absolute Gasteiger partial charge is 0.497 e. The van der Waals surface area contributed by atoms with Crippen LogP contribution in [-0.4, -0.2) is 35.5 Å². The standard InChI is InChI=1S/C18H17N5O3/c1-24-14-5-2-12(3-6-14)20-17-11-19-23-18(22-17)21-13-4-7-15-16(10-13)26-9-8-25-15/h2-7,10-11H,8-9H2,1H3,(H2,20,21,22,23). The molecule has 132 valence electrons. The molecule has 0 unspecified atom stereocenters. The molecule has 2 heterocycles. The van der Waals surface area contributed by atoms with E-state index in [1.54, 1.807) is 13.3 Å². The van der Waals surface area contributed by atoms with Crippen LogP contribution in [0.3, 0.4) is 0 Å². The van der Waals surface area contributed by atoms with Crippen molar-refractivity contribution in [3.63, 3.8) is 0 Å². The van der Waals surface area contributed by atoms with E-state index in [0.717, 1.165) is 22.9 Å². The van der Waals surface area contributed by atoms with Crippen molar-refractivity contribution in [1.29, 1.82) is 0 Å². The number of fused-ring (bicyclic) bond motifs is 1. The molecular weight excluding hydrogens is 334 g/mol. The lowest BCUT2D eigenvalue weighted by Gasteiger charge is -2.19. The summed E-state index contributed by atoms with van der Waals surface area (Å²) in [5.41, 5.74) is 1.66. The van der Waals surface area contributed by atoms with Crippen molar-refractivity contribution < 1.29 is 14.2 Å². The van der Waals surface area contributed by atoms with Gasteiger partial charge in [0, 0.05) is 17.4 Å². The smallest absolute Gasteiger partial charge is 0.249 e. The third-order valence-corrected chi connectivity index (χ3v) is 3.72. The number of benzene rings is 2. The maximum atomic E-state index is 5.58. The first-order valence-electron chi connectivity index (χ1n) is 8.08. The second kappa shape index (κ2) is 7.14. The average Bonchev–Trinajstić information content (AvgIpc) is 2.69. The van der Waals surface area contributed by atoms with Crippen LogP contribution in [-0.2, 0) is 0 Å². The van der Waals surface area contributed by atoms with E-state index >= 15 is 0 Å². The quantitative estimate of drug-likeness (QED) is 0.724. The minimum absolute atomic E-state index is 0.375. The minimum Gasteiger partial charge on any atom is -0.497 e. The van der Waals surface area contributed by atoms with Crippen molar-refractivity contribution in [2.45, 2.75) is 0 Å². The highest BCUT2D eigenvalue weighted by molar-refractivity contribution is 5.62. The third kappa shape index (κ3) is 3.59. The molecular formula is C18H17N5O3. The molecule has 0 aliphatic carbocycles. The highest BCUT2D eigenvalue weighted by atomic mass is 16.6. The number of hydrogen-bond donors (Lipinski definition) is 2. The Morgan fingerprint density at radius 2 is 1.69 bits per heavy atom. The van der Waals surface area contributed by atoms with Crippen molar-refractivity contribution in [2.24, 2.45) is 0 Å². The van der Waals surface area contributed by atoms with Crippen LogP contribution in [0.15, 0.2) is 48.7 Å². The second-order valence-corrected chi connectivity index (χ2v) is 5.50. The number of rotatable bonds is 5. The highest BCUT2D eigenvalue weighted by Crippen LogP contribution is 2.33. The SMILES string of the molecule is COc1ccc(Nc2cnnc(Nc3ccc4c(c3)OCCO4)n2)cc1. The van der Waals surface area contributed by atoms with Crippen LogP contribution in [0.5, 0.6) is 17.2 Å². The second-order valence-electron chi connectivity index (χ2n) is 5.50. The van der Waals surface area contributed by atoms with Crippen molar-refractivity contribution in [2.75, 3.05) is 31.0 Å². The Morgan fingerprint density at radius 3 is 2.50 bits per heavy atom. The van der Waals surface area contributed by atoms with Crippen LogP contribution in [0, 0.1) is 0 Å². The van der Waals surface area contributed by atoms with E-state index in [4.69, 9.17) is 14.2 Å². The van der Waals surface area contributed by atoms with Gasteiger partial charge in [0.25, 0.3) is 0 Å². The first kappa shape index (κ1) is 15.9. The number of nitrogens with zero attached hydrogens (tertiary/aromatic N) is 3. The molecule has 0 spiro atoms. The number of methoxy groups -OCH3 is 1. The molecule has 1 aromatic heterocycles. The fourth-order valence-electron chi connectivity index (χ4n) is 2.49. The van der Waals surface area contributed by atoms with Gasteiger partial charge in [0.05, 0.1) is 13.3 Å². The number of nitrogens with one attached hydrogen (secondary N) is 2. The normalized spacial score (nSPS) is 12.3. The third-order valence-electron chi connectivity index (χ3n) is 3.72. The summed E-state index contributed by atoms with van der Waals surface area (Å²) in [4.78, 5) is 4.42. The molecule has 1 aliphatic heterocycles. The van der Waals surface area contributed by atoms with E-state index in [2.05, 4.69) is 25.8 Å². The predicted molar refractivity (Wildman–Crippen MR) is 96.8 cm³/mol. The lowest BCUT2D eigenvalue weighted by atomic mass is 10.2. The monoisotopic (exact) mass is 351 g/mol. The molecule has 0 saturated heterocycles. The van der Waals surface area contributed by atoms with Gasteiger partial charge in [-0.1, -0.05) is 0 Å². The molecule has 4 rings (SSSR count). The van der Waals surface area contributed by atoms with Crippen LogP contribution in [0.1, 0.15) is 0 Å². The van der Waals surface area contributed by atoms with E-state index in [1.165, 1.54) is 0 Å². The minimum atomic E-state index is 0.375. The van der Waals surface area contributed by atoms with Gasteiger partial charge >= 0.3 is 0 Å². The summed E-state index contributed by atoms with van der Waals surface area (Å²) in [5, 5.41) is 14.3. The fourth-order valence-corrected chi connectivity index (χ4v) is 2.49. The maximum Gasteiger partial charge on any atom is 0.249 e. The topological polar surface area (TPSA) is 90.4 Å². The fraction of sp³-hybridized carbons (Fsp3) is 0.167. The number of ether oxygens (including phenoxy) is 3. The molecule has 0 saturated carbocycles. The molecule has 8 nitrogen and oxygen atoms in total. The summed E-state index contributed by atoms with van der Waals surface area (Å²) in [5.74, 6) is 3.17. The van der Waals surface area contributed by atoms with Crippen LogP contribution < -0.4 is 24.8 Å². The molecule has 0 radical (unpaired) electrons. The van der Waals surface area contributed by atoms with Gasteiger partial charge in [-0.2, -0.15) is 10.1 Å². The van der Waals surface area contributed by atoms with E-state index < -0.39 is 0 Å². The molecule has 2 aromatic carbocycles. The van der Waals surface area contributed by atoms with Crippen molar-refractivity contribution >= 4 is 23.1 Å². The molecule has 0 fully saturated rings. The van der Waals surface area contributed by atoms with Crippen LogP contribution in [0.2, 0.25) is 0 Å². The number of anilines is 4. The molecule has 3 aromatic rings. The van der Waals surface area contributed by atoms with Gasteiger partial charge < -0.3 is 24.8 Å². The van der Waals surface area contributed by atoms with Gasteiger partial charge in [0.2, 0.25) is 5.95 Å². The van der Waals surface area contributed by atoms with Gasteiger partial charge in [-0.25, -0.2) is 0 Å². The maximum absolute atomic E-state index is 5.58. The van der Waals surface area contributed by atoms with Gasteiger partial charge in [-0.05, 0) is 36.4 Å². The van der Waals surface area contributed by atoms with Crippen molar-refractivity contribution in [1.82, 2.24) is 15.2 Å². The zero-order valence-corrected chi connectivity index (χ0v) is 14.1. The number of hydrogen-bond acceptors (Lipinski definition) is 8. The Balaban J connectivity index is 1.48. The molecule has 0 atom stereocenters. The molecule has 8 heteroatoms. The molecule has 0 amide bonds. The first-order chi connectivity index (χ1) is 12.8. The van der Waals surface area contributed by atoms with E-state index in [9.17, 15) is 0 Å². The Bertz CT molecular complexity index is 902. The van der Waals surface area contributed by atoms with Crippen LogP contribution >= 0.6 is 0 Å². The molecule has 26 heavy (non-hydrogen) atoms. The lowest BCUT2D eigenvalue weighted by Crippen LogP contribution is -2.15. The molecule has 2 N–H and O–H groups in total. The number of aromatic nitrogens is 3. The Hall–Kier alpha value is -3.55. The Morgan fingerprint density at radius 1 is 0.923 bits per heavy atom. The average molecular weight is 351 g/mol. The Kier molecular flexibility index (Phi) is 4.38. The summed E-state index contributed by atoms with van der Waals surface area (Å²) >= 11 is 0. The molecule has 1 aliphatic rings. The summed E-state index contributed by atoms with van der Waals surface area (Å²) in [6, 6.07) is 13.1. The summed E-state index contributed by atoms with van der Waals surface area (Å²) in [6.07, 6.45) is 1.55. The predicted octanol–water partition coefficient (Wildman–Crippen LogP) is 3.14. The zero-order valence-electron chi connectivity index (χ0n) is 14.1. The van der Waals surface area contributed by atoms with Gasteiger partial charge in [-0.15, -0.1) is 5.10 Å². The Labute approximate surface area is 150 Å². The van der Waals surface area contributed by atoms with Crippen molar-refractivity contribution in [3.05, 3.63) is 48.7 Å².